The van der Waals surface area contributed by atoms with E-state index in [9.17, 15) is 4.79 Å². The van der Waals surface area contributed by atoms with Crippen LogP contribution in [0.4, 0.5) is 0 Å². The Morgan fingerprint density at radius 1 is 1.50 bits per heavy atom. The molecule has 1 aliphatic carbocycles. The lowest BCUT2D eigenvalue weighted by Gasteiger charge is -2.22. The number of thioether (sulfide) groups is 1. The summed E-state index contributed by atoms with van der Waals surface area (Å²) in [6, 6.07) is 0.385. The molecule has 112 valence electrons. The van der Waals surface area contributed by atoms with Crippen LogP contribution in [0, 0.1) is 0 Å². The molecule has 0 spiro atoms. The zero-order valence-electron chi connectivity index (χ0n) is 12.0. The number of aliphatic hydroxyl groups excluding tert-OH is 1. The first-order valence-electron chi connectivity index (χ1n) is 7.24. The van der Waals surface area contributed by atoms with Crippen LogP contribution >= 0.6 is 11.8 Å². The summed E-state index contributed by atoms with van der Waals surface area (Å²) in [5.74, 6) is 0.856. The van der Waals surface area contributed by atoms with Gasteiger partial charge in [0.2, 0.25) is 5.91 Å². The van der Waals surface area contributed by atoms with E-state index < -0.39 is 0 Å². The second-order valence-electron chi connectivity index (χ2n) is 5.25. The number of hydrogen-bond donors (Lipinski definition) is 2. The highest BCUT2D eigenvalue weighted by Crippen LogP contribution is 2.19. The third-order valence-corrected chi connectivity index (χ3v) is 4.78. The molecule has 6 heteroatoms. The largest absolute Gasteiger partial charge is 0.390 e. The van der Waals surface area contributed by atoms with E-state index in [4.69, 9.17) is 5.11 Å². The molecule has 20 heavy (non-hydrogen) atoms. The van der Waals surface area contributed by atoms with Crippen LogP contribution in [-0.2, 0) is 18.4 Å². The Bertz CT molecular complexity index is 442. The third kappa shape index (κ3) is 4.24. The molecule has 0 saturated heterocycles. The van der Waals surface area contributed by atoms with Gasteiger partial charge in [-0.3, -0.25) is 4.79 Å². The van der Waals surface area contributed by atoms with E-state index in [0.29, 0.717) is 18.2 Å². The number of aliphatic hydroxyl groups is 1. The van der Waals surface area contributed by atoms with Crippen molar-refractivity contribution in [2.45, 2.75) is 56.3 Å². The van der Waals surface area contributed by atoms with Gasteiger partial charge in [-0.1, -0.05) is 31.0 Å². The van der Waals surface area contributed by atoms with Crippen LogP contribution in [0.25, 0.3) is 0 Å². The quantitative estimate of drug-likeness (QED) is 0.786. The SMILES string of the molecule is Cn1c(CO)cnc1SCCC(=O)NC1CCCCC1. The summed E-state index contributed by atoms with van der Waals surface area (Å²) >= 11 is 1.55. The van der Waals surface area contributed by atoms with Crippen molar-refractivity contribution in [1.29, 1.82) is 0 Å². The monoisotopic (exact) mass is 297 g/mol. The van der Waals surface area contributed by atoms with E-state index in [-0.39, 0.29) is 12.5 Å². The molecule has 1 saturated carbocycles. The molecule has 0 radical (unpaired) electrons. The fourth-order valence-corrected chi connectivity index (χ4v) is 3.40. The van der Waals surface area contributed by atoms with E-state index in [2.05, 4.69) is 10.3 Å². The van der Waals surface area contributed by atoms with Crippen molar-refractivity contribution < 1.29 is 9.90 Å². The van der Waals surface area contributed by atoms with Gasteiger partial charge in [-0.05, 0) is 12.8 Å². The summed E-state index contributed by atoms with van der Waals surface area (Å²) in [5.41, 5.74) is 0.791. The number of carbonyl (C=O) groups excluding carboxylic acids is 1. The number of nitrogens with zero attached hydrogens (tertiary/aromatic N) is 2. The maximum atomic E-state index is 11.9. The van der Waals surface area contributed by atoms with Gasteiger partial charge in [-0.2, -0.15) is 0 Å². The van der Waals surface area contributed by atoms with Gasteiger partial charge < -0.3 is 15.0 Å². The zero-order valence-corrected chi connectivity index (χ0v) is 12.8. The molecule has 0 unspecified atom stereocenters. The molecule has 1 aromatic heterocycles. The van der Waals surface area contributed by atoms with Gasteiger partial charge in [0.05, 0.1) is 18.5 Å². The Morgan fingerprint density at radius 3 is 2.90 bits per heavy atom. The highest BCUT2D eigenvalue weighted by molar-refractivity contribution is 7.99. The number of nitrogens with one attached hydrogen (secondary N) is 1. The second-order valence-corrected chi connectivity index (χ2v) is 6.31. The van der Waals surface area contributed by atoms with Crippen LogP contribution in [0.15, 0.2) is 11.4 Å². The molecule has 1 aromatic rings. The van der Waals surface area contributed by atoms with Crippen LogP contribution in [0.5, 0.6) is 0 Å². The molecule has 0 aliphatic heterocycles. The summed E-state index contributed by atoms with van der Waals surface area (Å²) in [6.45, 7) is -0.00771. The van der Waals surface area contributed by atoms with Crippen molar-refractivity contribution in [1.82, 2.24) is 14.9 Å². The van der Waals surface area contributed by atoms with Crippen molar-refractivity contribution >= 4 is 17.7 Å². The van der Waals surface area contributed by atoms with E-state index in [1.54, 1.807) is 18.0 Å². The van der Waals surface area contributed by atoms with Crippen molar-refractivity contribution in [2.75, 3.05) is 5.75 Å². The molecule has 1 fully saturated rings. The number of amides is 1. The average Bonchev–Trinajstić information content (AvgIpc) is 2.81. The molecule has 0 aromatic carbocycles. The predicted octanol–water partition coefficient (Wildman–Crippen LogP) is 1.84. The third-order valence-electron chi connectivity index (χ3n) is 3.73. The predicted molar refractivity (Wildman–Crippen MR) is 79.5 cm³/mol. The Labute approximate surface area is 124 Å². The Hall–Kier alpha value is -1.01. The minimum Gasteiger partial charge on any atom is -0.390 e. The van der Waals surface area contributed by atoms with E-state index in [1.807, 2.05) is 11.6 Å². The van der Waals surface area contributed by atoms with Crippen molar-refractivity contribution in [2.24, 2.45) is 7.05 Å². The Kier molecular flexibility index (Phi) is 5.91. The van der Waals surface area contributed by atoms with Crippen LogP contribution < -0.4 is 5.32 Å². The first-order valence-corrected chi connectivity index (χ1v) is 8.23. The molecule has 5 nitrogen and oxygen atoms in total. The van der Waals surface area contributed by atoms with Crippen LogP contribution in [-0.4, -0.2) is 32.4 Å². The van der Waals surface area contributed by atoms with E-state index >= 15 is 0 Å². The molecule has 1 aliphatic rings. The summed E-state index contributed by atoms with van der Waals surface area (Å²) in [7, 11) is 1.88. The highest BCUT2D eigenvalue weighted by atomic mass is 32.2. The summed E-state index contributed by atoms with van der Waals surface area (Å²) in [4.78, 5) is 16.1. The number of imidazole rings is 1. The summed E-state index contributed by atoms with van der Waals surface area (Å²) < 4.78 is 1.86. The zero-order chi connectivity index (χ0) is 14.4. The van der Waals surface area contributed by atoms with Gasteiger partial charge >= 0.3 is 0 Å². The number of carbonyl (C=O) groups is 1. The average molecular weight is 297 g/mol. The first kappa shape index (κ1) is 15.4. The minimum atomic E-state index is -0.00771. The van der Waals surface area contributed by atoms with E-state index in [1.165, 1.54) is 19.3 Å². The molecule has 1 amide bonds. The second kappa shape index (κ2) is 7.69. The minimum absolute atomic E-state index is 0.00771. The number of rotatable bonds is 6. The molecular formula is C14H23N3O2S. The first-order chi connectivity index (χ1) is 9.70. The van der Waals surface area contributed by atoms with Crippen molar-refractivity contribution in [3.63, 3.8) is 0 Å². The van der Waals surface area contributed by atoms with Gasteiger partial charge in [0.15, 0.2) is 5.16 Å². The van der Waals surface area contributed by atoms with Crippen LogP contribution in [0.3, 0.4) is 0 Å². The molecule has 0 bridgehead atoms. The van der Waals surface area contributed by atoms with Crippen molar-refractivity contribution in [3.8, 4) is 0 Å². The molecular weight excluding hydrogens is 274 g/mol. The van der Waals surface area contributed by atoms with Gasteiger partial charge in [0, 0.05) is 25.3 Å². The lowest BCUT2D eigenvalue weighted by atomic mass is 9.95. The highest BCUT2D eigenvalue weighted by Gasteiger charge is 2.15. The fraction of sp³-hybridized carbons (Fsp3) is 0.714. The molecule has 2 rings (SSSR count). The number of hydrogen-bond acceptors (Lipinski definition) is 4. The standard InChI is InChI=1S/C14H23N3O2S/c1-17-12(10-18)9-15-14(17)20-8-7-13(19)16-11-5-3-2-4-6-11/h9,11,18H,2-8,10H2,1H3,(H,16,19). The Morgan fingerprint density at radius 2 is 2.25 bits per heavy atom. The Balaban J connectivity index is 1.69. The van der Waals surface area contributed by atoms with Crippen LogP contribution in [0.1, 0.15) is 44.2 Å². The summed E-state index contributed by atoms with van der Waals surface area (Å²) in [5, 5.41) is 13.1. The van der Waals surface area contributed by atoms with Crippen molar-refractivity contribution in [3.05, 3.63) is 11.9 Å². The molecule has 2 N–H and O–H groups in total. The van der Waals surface area contributed by atoms with Gasteiger partial charge in [0.25, 0.3) is 0 Å². The topological polar surface area (TPSA) is 67.1 Å². The van der Waals surface area contributed by atoms with E-state index in [0.717, 1.165) is 23.7 Å². The van der Waals surface area contributed by atoms with Gasteiger partial charge in [-0.25, -0.2) is 4.98 Å². The van der Waals surface area contributed by atoms with Gasteiger partial charge in [-0.15, -0.1) is 0 Å². The number of aromatic nitrogens is 2. The fourth-order valence-electron chi connectivity index (χ4n) is 2.49. The normalized spacial score (nSPS) is 16.3. The maximum Gasteiger partial charge on any atom is 0.221 e. The lowest BCUT2D eigenvalue weighted by Crippen LogP contribution is -2.36. The van der Waals surface area contributed by atoms with Gasteiger partial charge in [0.1, 0.15) is 0 Å². The maximum absolute atomic E-state index is 11.9. The summed E-state index contributed by atoms with van der Waals surface area (Å²) in [6.07, 6.45) is 8.20. The molecule has 0 atom stereocenters. The smallest absolute Gasteiger partial charge is 0.221 e. The lowest BCUT2D eigenvalue weighted by molar-refractivity contribution is -0.121. The van der Waals surface area contributed by atoms with Crippen LogP contribution in [0.2, 0.25) is 0 Å². The molecule has 1 heterocycles.